The molecule has 0 amide bonds. The lowest BCUT2D eigenvalue weighted by Crippen LogP contribution is -2.15. The van der Waals surface area contributed by atoms with Crippen molar-refractivity contribution >= 4 is 5.97 Å². The Morgan fingerprint density at radius 2 is 2.19 bits per heavy atom. The highest BCUT2D eigenvalue weighted by Crippen LogP contribution is 2.14. The molecule has 0 fully saturated rings. The maximum absolute atomic E-state index is 12.0. The van der Waals surface area contributed by atoms with Gasteiger partial charge in [0.15, 0.2) is 5.69 Å². The van der Waals surface area contributed by atoms with Crippen LogP contribution in [0.25, 0.3) is 0 Å². The van der Waals surface area contributed by atoms with E-state index in [-0.39, 0.29) is 0 Å². The molecule has 21 heavy (non-hydrogen) atoms. The average molecular weight is 291 g/mol. The topological polar surface area (TPSA) is 74.8 Å². The lowest BCUT2D eigenvalue weighted by Gasteiger charge is -2.10. The van der Waals surface area contributed by atoms with Gasteiger partial charge in [-0.05, 0) is 19.3 Å². The number of aromatic nitrogens is 5. The molecule has 7 heteroatoms. The fourth-order valence-corrected chi connectivity index (χ4v) is 2.09. The van der Waals surface area contributed by atoms with Crippen LogP contribution in [0.1, 0.15) is 42.8 Å². The molecule has 0 spiro atoms. The lowest BCUT2D eigenvalue weighted by atomic mass is 10.1. The molecule has 0 aliphatic heterocycles. The summed E-state index contributed by atoms with van der Waals surface area (Å²) in [7, 11) is 1.92. The van der Waals surface area contributed by atoms with Crippen LogP contribution >= 0.6 is 0 Å². The molecule has 7 nitrogen and oxygen atoms in total. The van der Waals surface area contributed by atoms with E-state index in [1.165, 1.54) is 0 Å². The van der Waals surface area contributed by atoms with Crippen molar-refractivity contribution in [1.82, 2.24) is 24.5 Å². The molecule has 114 valence electrons. The number of hydrogen-bond donors (Lipinski definition) is 0. The normalized spacial score (nSPS) is 11.1. The molecule has 0 aliphatic carbocycles. The molecule has 0 saturated carbocycles. The molecule has 0 aliphatic rings. The minimum absolute atomic E-state index is 0.305. The van der Waals surface area contributed by atoms with E-state index >= 15 is 0 Å². The molecule has 0 N–H and O–H groups in total. The first-order chi connectivity index (χ1) is 10.0. The highest BCUT2D eigenvalue weighted by molar-refractivity contribution is 5.88. The van der Waals surface area contributed by atoms with Gasteiger partial charge in [0, 0.05) is 19.4 Å². The second-order valence-electron chi connectivity index (χ2n) is 5.32. The first-order valence-corrected chi connectivity index (χ1v) is 7.08. The van der Waals surface area contributed by atoms with Gasteiger partial charge in [0.2, 0.25) is 0 Å². The standard InChI is InChI=1S/C14H21N5O2/c1-5-21-14(20)13-11(8-10(2)3)19(17-16-13)9-12-15-6-7-18(12)4/h6-7,10H,5,8-9H2,1-4H3. The minimum Gasteiger partial charge on any atom is -0.461 e. The Kier molecular flexibility index (Phi) is 4.72. The van der Waals surface area contributed by atoms with Crippen LogP contribution in [-0.2, 0) is 24.8 Å². The minimum atomic E-state index is -0.417. The van der Waals surface area contributed by atoms with Crippen LogP contribution in [0.2, 0.25) is 0 Å². The predicted octanol–water partition coefficient (Wildman–Crippen LogP) is 1.44. The number of rotatable bonds is 6. The van der Waals surface area contributed by atoms with Crippen molar-refractivity contribution in [2.75, 3.05) is 6.61 Å². The third-order valence-electron chi connectivity index (χ3n) is 3.12. The van der Waals surface area contributed by atoms with E-state index in [1.807, 2.05) is 17.8 Å². The van der Waals surface area contributed by atoms with E-state index in [9.17, 15) is 4.79 Å². The van der Waals surface area contributed by atoms with E-state index < -0.39 is 5.97 Å². The van der Waals surface area contributed by atoms with E-state index in [2.05, 4.69) is 29.1 Å². The molecule has 2 aromatic heterocycles. The number of aryl methyl sites for hydroxylation is 1. The first kappa shape index (κ1) is 15.2. The molecular weight excluding hydrogens is 270 g/mol. The first-order valence-electron chi connectivity index (χ1n) is 7.08. The summed E-state index contributed by atoms with van der Waals surface area (Å²) in [4.78, 5) is 16.3. The fraction of sp³-hybridized carbons (Fsp3) is 0.571. The second kappa shape index (κ2) is 6.51. The van der Waals surface area contributed by atoms with E-state index in [0.29, 0.717) is 31.2 Å². The largest absolute Gasteiger partial charge is 0.461 e. The Morgan fingerprint density at radius 1 is 1.43 bits per heavy atom. The molecule has 0 radical (unpaired) electrons. The highest BCUT2D eigenvalue weighted by atomic mass is 16.5. The zero-order chi connectivity index (χ0) is 15.4. The lowest BCUT2D eigenvalue weighted by molar-refractivity contribution is 0.0517. The van der Waals surface area contributed by atoms with Gasteiger partial charge in [-0.15, -0.1) is 5.10 Å². The van der Waals surface area contributed by atoms with Gasteiger partial charge in [-0.1, -0.05) is 19.1 Å². The molecule has 0 unspecified atom stereocenters. The van der Waals surface area contributed by atoms with Crippen LogP contribution < -0.4 is 0 Å². The van der Waals surface area contributed by atoms with Crippen molar-refractivity contribution < 1.29 is 9.53 Å². The molecule has 0 aromatic carbocycles. The van der Waals surface area contributed by atoms with E-state index in [4.69, 9.17) is 4.74 Å². The predicted molar refractivity (Wildman–Crippen MR) is 76.8 cm³/mol. The number of ether oxygens (including phenoxy) is 1. The van der Waals surface area contributed by atoms with Crippen LogP contribution in [0, 0.1) is 5.92 Å². The Morgan fingerprint density at radius 3 is 2.76 bits per heavy atom. The molecular formula is C14H21N5O2. The van der Waals surface area contributed by atoms with Gasteiger partial charge >= 0.3 is 5.97 Å². The van der Waals surface area contributed by atoms with Crippen molar-refractivity contribution in [1.29, 1.82) is 0 Å². The summed E-state index contributed by atoms with van der Waals surface area (Å²) in [5.41, 5.74) is 1.10. The van der Waals surface area contributed by atoms with Gasteiger partial charge in [0.25, 0.3) is 0 Å². The molecule has 2 heterocycles. The molecule has 2 rings (SSSR count). The van der Waals surface area contributed by atoms with Crippen molar-refractivity contribution in [3.8, 4) is 0 Å². The van der Waals surface area contributed by atoms with Crippen molar-refractivity contribution in [3.63, 3.8) is 0 Å². The van der Waals surface area contributed by atoms with Crippen molar-refractivity contribution in [3.05, 3.63) is 29.6 Å². The summed E-state index contributed by atoms with van der Waals surface area (Å²) >= 11 is 0. The third kappa shape index (κ3) is 3.48. The third-order valence-corrected chi connectivity index (χ3v) is 3.12. The Bertz CT molecular complexity index is 615. The monoisotopic (exact) mass is 291 g/mol. The van der Waals surface area contributed by atoms with Crippen LogP contribution in [0.3, 0.4) is 0 Å². The maximum Gasteiger partial charge on any atom is 0.360 e. The van der Waals surface area contributed by atoms with Gasteiger partial charge in [-0.2, -0.15) is 0 Å². The number of carbonyl (C=O) groups excluding carboxylic acids is 1. The Hall–Kier alpha value is -2.18. The summed E-state index contributed by atoms with van der Waals surface area (Å²) in [6, 6.07) is 0. The average Bonchev–Trinajstić information content (AvgIpc) is 2.98. The Balaban J connectivity index is 2.32. The number of imidazole rings is 1. The van der Waals surface area contributed by atoms with Gasteiger partial charge in [0.05, 0.1) is 12.3 Å². The van der Waals surface area contributed by atoms with Gasteiger partial charge in [-0.3, -0.25) is 0 Å². The Labute approximate surface area is 123 Å². The zero-order valence-electron chi connectivity index (χ0n) is 12.9. The molecule has 0 saturated heterocycles. The van der Waals surface area contributed by atoms with Gasteiger partial charge < -0.3 is 9.30 Å². The van der Waals surface area contributed by atoms with Gasteiger partial charge in [0.1, 0.15) is 12.4 Å². The zero-order valence-corrected chi connectivity index (χ0v) is 12.9. The fourth-order valence-electron chi connectivity index (χ4n) is 2.09. The van der Waals surface area contributed by atoms with Crippen LogP contribution in [0.5, 0.6) is 0 Å². The highest BCUT2D eigenvalue weighted by Gasteiger charge is 2.22. The molecule has 0 atom stereocenters. The SMILES string of the molecule is CCOC(=O)c1nnn(Cc2nccn2C)c1CC(C)C. The summed E-state index contributed by atoms with van der Waals surface area (Å²) in [5, 5.41) is 8.10. The quantitative estimate of drug-likeness (QED) is 0.753. The summed E-state index contributed by atoms with van der Waals surface area (Å²) < 4.78 is 8.70. The van der Waals surface area contributed by atoms with Crippen molar-refractivity contribution in [2.45, 2.75) is 33.7 Å². The van der Waals surface area contributed by atoms with E-state index in [1.54, 1.807) is 17.8 Å². The second-order valence-corrected chi connectivity index (χ2v) is 5.32. The maximum atomic E-state index is 12.0. The molecule has 0 bridgehead atoms. The van der Waals surface area contributed by atoms with Gasteiger partial charge in [-0.25, -0.2) is 14.5 Å². The number of hydrogen-bond acceptors (Lipinski definition) is 5. The molecule has 2 aromatic rings. The number of carbonyl (C=O) groups is 1. The number of esters is 1. The summed E-state index contributed by atoms with van der Waals surface area (Å²) in [5.74, 6) is 0.830. The van der Waals surface area contributed by atoms with Crippen LogP contribution in [0.15, 0.2) is 12.4 Å². The summed E-state index contributed by atoms with van der Waals surface area (Å²) in [6.07, 6.45) is 4.33. The smallest absolute Gasteiger partial charge is 0.360 e. The van der Waals surface area contributed by atoms with Crippen LogP contribution in [-0.4, -0.2) is 37.1 Å². The van der Waals surface area contributed by atoms with Crippen LogP contribution in [0.4, 0.5) is 0 Å². The van der Waals surface area contributed by atoms with Crippen molar-refractivity contribution in [2.24, 2.45) is 13.0 Å². The van der Waals surface area contributed by atoms with E-state index in [0.717, 1.165) is 11.5 Å². The summed E-state index contributed by atoms with van der Waals surface area (Å²) in [6.45, 7) is 6.77. The number of nitrogens with zero attached hydrogens (tertiary/aromatic N) is 5.